The summed E-state index contributed by atoms with van der Waals surface area (Å²) in [7, 11) is 0. The maximum Gasteiger partial charge on any atom is 0.197 e. The van der Waals surface area contributed by atoms with Crippen LogP contribution in [0.2, 0.25) is 5.22 Å². The number of hydrogen-bond donors (Lipinski definition) is 1. The molecule has 1 aromatic heterocycles. The van der Waals surface area contributed by atoms with E-state index in [1.54, 1.807) is 6.26 Å². The molecule has 0 saturated heterocycles. The van der Waals surface area contributed by atoms with Crippen molar-refractivity contribution < 1.29 is 4.42 Å². The van der Waals surface area contributed by atoms with Crippen LogP contribution in [-0.4, -0.2) is 6.54 Å². The third kappa shape index (κ3) is 3.10. The van der Waals surface area contributed by atoms with E-state index in [2.05, 4.69) is 19.2 Å². The predicted molar refractivity (Wildman–Crippen MR) is 75.9 cm³/mol. The summed E-state index contributed by atoms with van der Waals surface area (Å²) < 4.78 is 5.25. The largest absolute Gasteiger partial charge is 0.453 e. The number of halogens is 1. The van der Waals surface area contributed by atoms with Crippen LogP contribution in [0.3, 0.4) is 0 Å². The Morgan fingerprint density at radius 1 is 1.33 bits per heavy atom. The Hall–Kier alpha value is -0.470. The molecule has 1 aromatic rings. The Morgan fingerprint density at radius 2 is 2.06 bits per heavy atom. The van der Waals surface area contributed by atoms with E-state index < -0.39 is 0 Å². The van der Waals surface area contributed by atoms with E-state index >= 15 is 0 Å². The summed E-state index contributed by atoms with van der Waals surface area (Å²) in [5.74, 6) is 1.63. The summed E-state index contributed by atoms with van der Waals surface area (Å²) in [5, 5.41) is 4.14. The number of nitrogens with one attached hydrogen (secondary N) is 1. The van der Waals surface area contributed by atoms with Crippen molar-refractivity contribution in [3.63, 3.8) is 0 Å². The number of hydrogen-bond acceptors (Lipinski definition) is 2. The average Bonchev–Trinajstić information content (AvgIpc) is 2.82. The van der Waals surface area contributed by atoms with Crippen molar-refractivity contribution in [2.75, 3.05) is 6.54 Å². The third-order valence-corrected chi connectivity index (χ3v) is 4.65. The van der Waals surface area contributed by atoms with Crippen molar-refractivity contribution in [1.29, 1.82) is 0 Å². The van der Waals surface area contributed by atoms with Crippen molar-refractivity contribution in [2.45, 2.75) is 52.0 Å². The van der Waals surface area contributed by atoms with Gasteiger partial charge in [-0.3, -0.25) is 0 Å². The molecular formula is C15H24ClNO. The smallest absolute Gasteiger partial charge is 0.197 e. The molecule has 1 fully saturated rings. The fraction of sp³-hybridized carbons (Fsp3) is 0.733. The lowest BCUT2D eigenvalue weighted by molar-refractivity contribution is 0.219. The lowest BCUT2D eigenvalue weighted by Crippen LogP contribution is -2.30. The molecule has 1 heterocycles. The monoisotopic (exact) mass is 269 g/mol. The lowest BCUT2D eigenvalue weighted by atomic mass is 9.76. The fourth-order valence-electron chi connectivity index (χ4n) is 3.21. The molecule has 102 valence electrons. The van der Waals surface area contributed by atoms with Gasteiger partial charge in [0.25, 0.3) is 0 Å². The Labute approximate surface area is 115 Å². The highest BCUT2D eigenvalue weighted by Crippen LogP contribution is 2.39. The molecule has 2 nitrogen and oxygen atoms in total. The maximum absolute atomic E-state index is 6.14. The van der Waals surface area contributed by atoms with Crippen LogP contribution in [0.25, 0.3) is 0 Å². The van der Waals surface area contributed by atoms with Crippen LogP contribution in [0.15, 0.2) is 16.7 Å². The van der Waals surface area contributed by atoms with Gasteiger partial charge in [0.1, 0.15) is 0 Å². The van der Waals surface area contributed by atoms with E-state index in [0.717, 1.165) is 18.0 Å². The normalized spacial score (nSPS) is 26.2. The molecule has 0 aliphatic heterocycles. The summed E-state index contributed by atoms with van der Waals surface area (Å²) in [5.41, 5.74) is 1.14. The van der Waals surface area contributed by atoms with E-state index in [-0.39, 0.29) is 0 Å². The summed E-state index contributed by atoms with van der Waals surface area (Å²) >= 11 is 6.14. The zero-order valence-corrected chi connectivity index (χ0v) is 12.2. The van der Waals surface area contributed by atoms with Gasteiger partial charge in [0, 0.05) is 11.6 Å². The highest BCUT2D eigenvalue weighted by atomic mass is 35.5. The topological polar surface area (TPSA) is 25.2 Å². The van der Waals surface area contributed by atoms with Crippen molar-refractivity contribution in [3.05, 3.63) is 23.1 Å². The molecule has 3 heteroatoms. The molecular weight excluding hydrogens is 246 g/mol. The Kier molecular flexibility index (Phi) is 5.13. The van der Waals surface area contributed by atoms with Gasteiger partial charge in [-0.1, -0.05) is 33.1 Å². The number of furan rings is 1. The summed E-state index contributed by atoms with van der Waals surface area (Å²) in [4.78, 5) is 0. The van der Waals surface area contributed by atoms with Crippen molar-refractivity contribution in [2.24, 2.45) is 11.8 Å². The molecule has 1 aliphatic carbocycles. The first-order valence-electron chi connectivity index (χ1n) is 7.22. The van der Waals surface area contributed by atoms with Gasteiger partial charge in [0.15, 0.2) is 5.22 Å². The first kappa shape index (κ1) is 14.0. The molecule has 2 rings (SSSR count). The van der Waals surface area contributed by atoms with E-state index in [9.17, 15) is 0 Å². The highest BCUT2D eigenvalue weighted by Gasteiger charge is 2.29. The van der Waals surface area contributed by atoms with Crippen molar-refractivity contribution >= 4 is 11.6 Å². The molecule has 0 bridgehead atoms. The SMILES string of the molecule is CCNC(c1ccoc1Cl)C1CCC(CC)CC1. The summed E-state index contributed by atoms with van der Waals surface area (Å²) in [6.07, 6.45) is 8.34. The first-order chi connectivity index (χ1) is 8.76. The fourth-order valence-corrected chi connectivity index (χ4v) is 3.44. The Morgan fingerprint density at radius 3 is 2.56 bits per heavy atom. The minimum atomic E-state index is 0.360. The maximum atomic E-state index is 6.14. The van der Waals surface area contributed by atoms with E-state index in [4.69, 9.17) is 16.0 Å². The second-order valence-corrected chi connectivity index (χ2v) is 5.72. The summed E-state index contributed by atoms with van der Waals surface area (Å²) in [6, 6.07) is 2.38. The van der Waals surface area contributed by atoms with Crippen LogP contribution in [-0.2, 0) is 0 Å². The molecule has 18 heavy (non-hydrogen) atoms. The van der Waals surface area contributed by atoms with Crippen LogP contribution < -0.4 is 5.32 Å². The zero-order valence-electron chi connectivity index (χ0n) is 11.4. The predicted octanol–water partition coefficient (Wildman–Crippen LogP) is 4.80. The van der Waals surface area contributed by atoms with Crippen LogP contribution >= 0.6 is 11.6 Å². The Balaban J connectivity index is 2.05. The van der Waals surface area contributed by atoms with Gasteiger partial charge in [-0.25, -0.2) is 0 Å². The van der Waals surface area contributed by atoms with E-state index in [0.29, 0.717) is 17.2 Å². The van der Waals surface area contributed by atoms with Gasteiger partial charge in [-0.15, -0.1) is 0 Å². The van der Waals surface area contributed by atoms with Crippen LogP contribution in [0.1, 0.15) is 57.6 Å². The van der Waals surface area contributed by atoms with Crippen molar-refractivity contribution in [1.82, 2.24) is 5.32 Å². The van der Waals surface area contributed by atoms with Gasteiger partial charge in [-0.05, 0) is 48.9 Å². The molecule has 1 atom stereocenters. The summed E-state index contributed by atoms with van der Waals surface area (Å²) in [6.45, 7) is 5.43. The second kappa shape index (κ2) is 6.63. The molecule has 1 N–H and O–H groups in total. The molecule has 0 amide bonds. The van der Waals surface area contributed by atoms with Crippen LogP contribution in [0, 0.1) is 11.8 Å². The quantitative estimate of drug-likeness (QED) is 0.831. The highest BCUT2D eigenvalue weighted by molar-refractivity contribution is 6.29. The van der Waals surface area contributed by atoms with E-state index in [1.165, 1.54) is 32.1 Å². The van der Waals surface area contributed by atoms with E-state index in [1.807, 2.05) is 6.07 Å². The van der Waals surface area contributed by atoms with Crippen molar-refractivity contribution in [3.8, 4) is 0 Å². The second-order valence-electron chi connectivity index (χ2n) is 5.37. The molecule has 1 unspecified atom stereocenters. The molecule has 0 radical (unpaired) electrons. The van der Waals surface area contributed by atoms with Gasteiger partial charge < -0.3 is 9.73 Å². The minimum Gasteiger partial charge on any atom is -0.453 e. The van der Waals surface area contributed by atoms with Gasteiger partial charge in [-0.2, -0.15) is 0 Å². The minimum absolute atomic E-state index is 0.360. The average molecular weight is 270 g/mol. The molecule has 1 aliphatic rings. The van der Waals surface area contributed by atoms with Crippen LogP contribution in [0.5, 0.6) is 0 Å². The first-order valence-corrected chi connectivity index (χ1v) is 7.60. The molecule has 1 saturated carbocycles. The molecule has 0 aromatic carbocycles. The lowest BCUT2D eigenvalue weighted by Gasteiger charge is -2.33. The number of rotatable bonds is 5. The standard InChI is InChI=1S/C15H24ClNO/c1-3-11-5-7-12(8-6-11)14(17-4-2)13-9-10-18-15(13)16/h9-12,14,17H,3-8H2,1-2H3. The zero-order chi connectivity index (χ0) is 13.0. The van der Waals surface area contributed by atoms with Gasteiger partial charge in [0.2, 0.25) is 0 Å². The molecule has 0 spiro atoms. The van der Waals surface area contributed by atoms with Gasteiger partial charge in [0.05, 0.1) is 6.26 Å². The van der Waals surface area contributed by atoms with Gasteiger partial charge >= 0.3 is 0 Å². The van der Waals surface area contributed by atoms with Crippen LogP contribution in [0.4, 0.5) is 0 Å². The third-order valence-electron chi connectivity index (χ3n) is 4.35. The Bertz CT molecular complexity index is 355.